The van der Waals surface area contributed by atoms with Gasteiger partial charge in [0, 0.05) is 23.9 Å². The molecular weight excluding hydrogens is 472 g/mol. The second kappa shape index (κ2) is 10.6. The molecule has 0 radical (unpaired) electrons. The lowest BCUT2D eigenvalue weighted by Crippen LogP contribution is -2.29. The standard InChI is InChI=1S/C29H28N2O6/c1-5-37-24-13-12-20(14-17(24)2)27(33)25-26(19-8-6-11-23(15-19)36-4)31(29(35)28(25)34)22-10-7-9-21(16-22)30-18(3)32/h6-16,26,33H,5H2,1-4H3,(H,30,32)/b27-25+. The molecule has 37 heavy (non-hydrogen) atoms. The summed E-state index contributed by atoms with van der Waals surface area (Å²) in [6.07, 6.45) is 0. The van der Waals surface area contributed by atoms with Gasteiger partial charge in [0.1, 0.15) is 17.3 Å². The number of anilines is 2. The van der Waals surface area contributed by atoms with E-state index in [0.717, 1.165) is 5.56 Å². The number of benzene rings is 3. The van der Waals surface area contributed by atoms with Crippen molar-refractivity contribution in [2.75, 3.05) is 23.9 Å². The molecule has 1 heterocycles. The van der Waals surface area contributed by atoms with Gasteiger partial charge < -0.3 is 19.9 Å². The Balaban J connectivity index is 1.91. The first-order valence-electron chi connectivity index (χ1n) is 11.8. The first-order chi connectivity index (χ1) is 17.7. The molecule has 190 valence electrons. The number of nitrogens with zero attached hydrogens (tertiary/aromatic N) is 1. The van der Waals surface area contributed by atoms with Gasteiger partial charge in [-0.05, 0) is 73.5 Å². The van der Waals surface area contributed by atoms with E-state index in [1.165, 1.54) is 18.9 Å². The van der Waals surface area contributed by atoms with E-state index in [9.17, 15) is 19.5 Å². The molecule has 2 N–H and O–H groups in total. The fourth-order valence-electron chi connectivity index (χ4n) is 4.43. The van der Waals surface area contributed by atoms with Gasteiger partial charge in [-0.3, -0.25) is 19.3 Å². The molecule has 0 saturated carbocycles. The molecule has 0 aliphatic carbocycles. The largest absolute Gasteiger partial charge is 0.507 e. The van der Waals surface area contributed by atoms with Crippen molar-refractivity contribution >= 4 is 34.7 Å². The number of ketones is 1. The van der Waals surface area contributed by atoms with Crippen LogP contribution in [0.1, 0.15) is 36.6 Å². The minimum Gasteiger partial charge on any atom is -0.507 e. The van der Waals surface area contributed by atoms with Gasteiger partial charge in [0.2, 0.25) is 5.91 Å². The van der Waals surface area contributed by atoms with Gasteiger partial charge in [0.15, 0.2) is 0 Å². The summed E-state index contributed by atoms with van der Waals surface area (Å²) < 4.78 is 11.0. The summed E-state index contributed by atoms with van der Waals surface area (Å²) in [4.78, 5) is 39.8. The van der Waals surface area contributed by atoms with Gasteiger partial charge >= 0.3 is 0 Å². The van der Waals surface area contributed by atoms with Gasteiger partial charge in [0.25, 0.3) is 11.7 Å². The quantitative estimate of drug-likeness (QED) is 0.269. The van der Waals surface area contributed by atoms with Crippen LogP contribution < -0.4 is 19.7 Å². The molecule has 0 spiro atoms. The van der Waals surface area contributed by atoms with Crippen LogP contribution in [0.5, 0.6) is 11.5 Å². The third-order valence-electron chi connectivity index (χ3n) is 6.05. The number of nitrogens with one attached hydrogen (secondary N) is 1. The number of methoxy groups -OCH3 is 1. The first kappa shape index (κ1) is 25.5. The lowest BCUT2D eigenvalue weighted by atomic mass is 9.94. The Kier molecular flexibility index (Phi) is 7.29. The summed E-state index contributed by atoms with van der Waals surface area (Å²) in [6, 6.07) is 17.8. The Bertz CT molecular complexity index is 1410. The molecule has 0 bridgehead atoms. The van der Waals surface area contributed by atoms with Crippen LogP contribution in [0.15, 0.2) is 72.3 Å². The number of amides is 2. The van der Waals surface area contributed by atoms with Crippen molar-refractivity contribution in [3.8, 4) is 11.5 Å². The highest BCUT2D eigenvalue weighted by Gasteiger charge is 2.47. The smallest absolute Gasteiger partial charge is 0.300 e. The molecule has 0 aromatic heterocycles. The fourth-order valence-corrected chi connectivity index (χ4v) is 4.43. The fraction of sp³-hybridized carbons (Fsp3) is 0.207. The normalized spacial score (nSPS) is 16.5. The minimum atomic E-state index is -0.936. The molecule has 8 nitrogen and oxygen atoms in total. The van der Waals surface area contributed by atoms with E-state index in [1.807, 2.05) is 13.8 Å². The number of Topliss-reactive ketones (excluding diaryl/α,β-unsaturated/α-hetero) is 1. The van der Waals surface area contributed by atoms with Crippen molar-refractivity contribution in [2.24, 2.45) is 0 Å². The zero-order valence-electron chi connectivity index (χ0n) is 21.1. The number of hydrogen-bond donors (Lipinski definition) is 2. The highest BCUT2D eigenvalue weighted by Crippen LogP contribution is 2.43. The summed E-state index contributed by atoms with van der Waals surface area (Å²) in [7, 11) is 1.52. The predicted molar refractivity (Wildman–Crippen MR) is 141 cm³/mol. The third kappa shape index (κ3) is 5.04. The van der Waals surface area contributed by atoms with Crippen LogP contribution in [-0.4, -0.2) is 36.4 Å². The van der Waals surface area contributed by atoms with Gasteiger partial charge in [-0.2, -0.15) is 0 Å². The molecule has 1 unspecified atom stereocenters. The highest BCUT2D eigenvalue weighted by atomic mass is 16.5. The molecule has 8 heteroatoms. The summed E-state index contributed by atoms with van der Waals surface area (Å²) >= 11 is 0. The van der Waals surface area contributed by atoms with Crippen molar-refractivity contribution in [3.05, 3.63) is 89.0 Å². The first-order valence-corrected chi connectivity index (χ1v) is 11.8. The number of ether oxygens (including phenoxy) is 2. The molecule has 1 saturated heterocycles. The number of aliphatic hydroxyl groups excluding tert-OH is 1. The van der Waals surface area contributed by atoms with Crippen molar-refractivity contribution in [1.29, 1.82) is 0 Å². The van der Waals surface area contributed by atoms with Crippen molar-refractivity contribution in [2.45, 2.75) is 26.8 Å². The Hall–Kier alpha value is -4.59. The van der Waals surface area contributed by atoms with Crippen molar-refractivity contribution in [1.82, 2.24) is 0 Å². The van der Waals surface area contributed by atoms with E-state index < -0.39 is 17.7 Å². The van der Waals surface area contributed by atoms with E-state index in [1.54, 1.807) is 66.7 Å². The monoisotopic (exact) mass is 500 g/mol. The Morgan fingerprint density at radius 2 is 1.81 bits per heavy atom. The number of rotatable bonds is 7. The van der Waals surface area contributed by atoms with Crippen molar-refractivity contribution < 1.29 is 29.0 Å². The van der Waals surface area contributed by atoms with E-state index in [4.69, 9.17) is 9.47 Å². The number of aryl methyl sites for hydroxylation is 1. The number of hydrogen-bond acceptors (Lipinski definition) is 6. The zero-order valence-corrected chi connectivity index (χ0v) is 21.1. The molecule has 4 rings (SSSR count). The summed E-state index contributed by atoms with van der Waals surface area (Å²) in [5.41, 5.74) is 2.56. The molecule has 1 aliphatic heterocycles. The minimum absolute atomic E-state index is 0.0493. The van der Waals surface area contributed by atoms with Gasteiger partial charge in [-0.1, -0.05) is 18.2 Å². The number of carbonyl (C=O) groups is 3. The Morgan fingerprint density at radius 1 is 1.05 bits per heavy atom. The van der Waals surface area contributed by atoms with E-state index >= 15 is 0 Å². The maximum Gasteiger partial charge on any atom is 0.300 e. The molecular formula is C29H28N2O6. The molecule has 3 aromatic carbocycles. The van der Waals surface area contributed by atoms with Crippen LogP contribution in [0.3, 0.4) is 0 Å². The van der Waals surface area contributed by atoms with Crippen LogP contribution in [-0.2, 0) is 14.4 Å². The van der Waals surface area contributed by atoms with Gasteiger partial charge in [-0.25, -0.2) is 0 Å². The maximum absolute atomic E-state index is 13.4. The topological polar surface area (TPSA) is 105 Å². The highest BCUT2D eigenvalue weighted by molar-refractivity contribution is 6.51. The van der Waals surface area contributed by atoms with E-state index in [2.05, 4.69) is 5.32 Å². The van der Waals surface area contributed by atoms with E-state index in [0.29, 0.717) is 40.6 Å². The van der Waals surface area contributed by atoms with Crippen LogP contribution in [0.2, 0.25) is 0 Å². The summed E-state index contributed by atoms with van der Waals surface area (Å²) in [5, 5.41) is 14.1. The SMILES string of the molecule is CCOc1ccc(/C(O)=C2\C(=O)C(=O)N(c3cccc(NC(C)=O)c3)C2c2cccc(OC)c2)cc1C. The predicted octanol–water partition coefficient (Wildman–Crippen LogP) is 4.99. The maximum atomic E-state index is 13.4. The molecule has 1 fully saturated rings. The number of aliphatic hydroxyl groups is 1. The lowest BCUT2D eigenvalue weighted by Gasteiger charge is -2.26. The van der Waals surface area contributed by atoms with Crippen molar-refractivity contribution in [3.63, 3.8) is 0 Å². The molecule has 1 aliphatic rings. The van der Waals surface area contributed by atoms with Gasteiger partial charge in [0.05, 0.1) is 25.3 Å². The lowest BCUT2D eigenvalue weighted by molar-refractivity contribution is -0.132. The van der Waals surface area contributed by atoms with Crippen LogP contribution >= 0.6 is 0 Å². The second-order valence-corrected chi connectivity index (χ2v) is 8.59. The van der Waals surface area contributed by atoms with Gasteiger partial charge in [-0.15, -0.1) is 0 Å². The molecule has 3 aromatic rings. The summed E-state index contributed by atoms with van der Waals surface area (Å²) in [5.74, 6) is -0.975. The zero-order chi connectivity index (χ0) is 26.7. The molecule has 2 amide bonds. The number of carbonyl (C=O) groups excluding carboxylic acids is 3. The molecule has 1 atom stereocenters. The third-order valence-corrected chi connectivity index (χ3v) is 6.05. The average Bonchev–Trinajstić information content (AvgIpc) is 3.15. The van der Waals surface area contributed by atoms with Crippen LogP contribution in [0.25, 0.3) is 5.76 Å². The average molecular weight is 501 g/mol. The van der Waals surface area contributed by atoms with Crippen LogP contribution in [0, 0.1) is 6.92 Å². The van der Waals surface area contributed by atoms with E-state index in [-0.39, 0.29) is 17.2 Å². The van der Waals surface area contributed by atoms with Crippen LogP contribution in [0.4, 0.5) is 11.4 Å². The second-order valence-electron chi connectivity index (χ2n) is 8.59. The Morgan fingerprint density at radius 3 is 2.49 bits per heavy atom. The summed E-state index contributed by atoms with van der Waals surface area (Å²) in [6.45, 7) is 5.59. The Labute approximate surface area is 215 Å².